The maximum absolute atomic E-state index is 12.5. The Labute approximate surface area is 108 Å². The third-order valence-corrected chi connectivity index (χ3v) is 4.37. The van der Waals surface area contributed by atoms with Crippen LogP contribution in [0.1, 0.15) is 38.3 Å². The van der Waals surface area contributed by atoms with E-state index < -0.39 is 0 Å². The average molecular weight is 244 g/mol. The zero-order valence-corrected chi connectivity index (χ0v) is 11.0. The highest BCUT2D eigenvalue weighted by Crippen LogP contribution is 2.53. The number of benzene rings is 1. The molecule has 2 aliphatic rings. The van der Waals surface area contributed by atoms with Gasteiger partial charge < -0.3 is 10.6 Å². The largest absolute Gasteiger partial charge is 0.324 e. The number of fused-ring (bicyclic) bond motifs is 1. The van der Waals surface area contributed by atoms with Crippen molar-refractivity contribution in [3.05, 3.63) is 29.8 Å². The summed E-state index contributed by atoms with van der Waals surface area (Å²) in [6.45, 7) is 5.08. The van der Waals surface area contributed by atoms with Gasteiger partial charge in [0.2, 0.25) is 5.91 Å². The van der Waals surface area contributed by atoms with Gasteiger partial charge in [-0.2, -0.15) is 0 Å². The minimum atomic E-state index is 0.0671. The highest BCUT2D eigenvalue weighted by molar-refractivity contribution is 5.98. The standard InChI is InChI=1S/C15H20N2O/c1-15(2)9-11(15)14(18)17-8-7-12(16)10-5-3-4-6-13(10)17/h3-6,11-12H,7-9,16H2,1-2H3. The molecule has 1 aliphatic carbocycles. The van der Waals surface area contributed by atoms with Gasteiger partial charge in [-0.05, 0) is 29.9 Å². The van der Waals surface area contributed by atoms with Gasteiger partial charge in [-0.3, -0.25) is 4.79 Å². The van der Waals surface area contributed by atoms with Crippen molar-refractivity contribution in [3.8, 4) is 0 Å². The van der Waals surface area contributed by atoms with Crippen molar-refractivity contribution in [1.82, 2.24) is 0 Å². The predicted octanol–water partition coefficient (Wildman–Crippen LogP) is 2.47. The molecular formula is C15H20N2O. The van der Waals surface area contributed by atoms with E-state index in [1.54, 1.807) is 0 Å². The molecule has 1 saturated carbocycles. The number of rotatable bonds is 1. The van der Waals surface area contributed by atoms with Gasteiger partial charge in [0.25, 0.3) is 0 Å². The molecule has 0 aromatic heterocycles. The van der Waals surface area contributed by atoms with E-state index in [2.05, 4.69) is 13.8 Å². The molecule has 2 N–H and O–H groups in total. The van der Waals surface area contributed by atoms with E-state index in [-0.39, 0.29) is 23.3 Å². The zero-order chi connectivity index (χ0) is 12.9. The van der Waals surface area contributed by atoms with Gasteiger partial charge in [0.1, 0.15) is 0 Å². The fourth-order valence-electron chi connectivity index (χ4n) is 2.90. The summed E-state index contributed by atoms with van der Waals surface area (Å²) in [5.41, 5.74) is 8.43. The fourth-order valence-corrected chi connectivity index (χ4v) is 2.90. The number of anilines is 1. The maximum atomic E-state index is 12.5. The minimum absolute atomic E-state index is 0.0671. The Morgan fingerprint density at radius 3 is 2.72 bits per heavy atom. The Hall–Kier alpha value is -1.35. The molecule has 0 bridgehead atoms. The zero-order valence-electron chi connectivity index (χ0n) is 11.0. The van der Waals surface area contributed by atoms with Crippen LogP contribution in [-0.2, 0) is 4.79 Å². The highest BCUT2D eigenvalue weighted by atomic mass is 16.2. The van der Waals surface area contributed by atoms with Crippen LogP contribution in [-0.4, -0.2) is 12.5 Å². The quantitative estimate of drug-likeness (QED) is 0.825. The molecule has 1 aromatic rings. The molecule has 0 radical (unpaired) electrons. The molecule has 3 rings (SSSR count). The third kappa shape index (κ3) is 1.74. The van der Waals surface area contributed by atoms with Crippen LogP contribution in [0.3, 0.4) is 0 Å². The first-order valence-corrected chi connectivity index (χ1v) is 6.66. The molecular weight excluding hydrogens is 224 g/mol. The molecule has 0 saturated heterocycles. The molecule has 1 amide bonds. The maximum Gasteiger partial charge on any atom is 0.230 e. The summed E-state index contributed by atoms with van der Waals surface area (Å²) in [4.78, 5) is 14.5. The molecule has 96 valence electrons. The SMILES string of the molecule is CC1(C)CC1C(=O)N1CCC(N)c2ccccc21. The van der Waals surface area contributed by atoms with Crippen LogP contribution in [0.4, 0.5) is 5.69 Å². The van der Waals surface area contributed by atoms with Crippen LogP contribution in [0, 0.1) is 11.3 Å². The Morgan fingerprint density at radius 2 is 2.06 bits per heavy atom. The van der Waals surface area contributed by atoms with Crippen molar-refractivity contribution in [2.24, 2.45) is 17.1 Å². The molecule has 18 heavy (non-hydrogen) atoms. The van der Waals surface area contributed by atoms with Gasteiger partial charge in [0.15, 0.2) is 0 Å². The minimum Gasteiger partial charge on any atom is -0.324 e. The van der Waals surface area contributed by atoms with Crippen LogP contribution in [0.15, 0.2) is 24.3 Å². The summed E-state index contributed by atoms with van der Waals surface area (Å²) in [5, 5.41) is 0. The van der Waals surface area contributed by atoms with Crippen LogP contribution in [0.25, 0.3) is 0 Å². The number of hydrogen-bond acceptors (Lipinski definition) is 2. The second-order valence-corrected chi connectivity index (χ2v) is 6.19. The first kappa shape index (κ1) is 11.7. The van der Waals surface area contributed by atoms with E-state index in [9.17, 15) is 4.79 Å². The van der Waals surface area contributed by atoms with Crippen molar-refractivity contribution in [3.63, 3.8) is 0 Å². The molecule has 0 spiro atoms. The van der Waals surface area contributed by atoms with E-state index in [1.807, 2.05) is 29.2 Å². The van der Waals surface area contributed by atoms with Crippen molar-refractivity contribution in [1.29, 1.82) is 0 Å². The topological polar surface area (TPSA) is 46.3 Å². The van der Waals surface area contributed by atoms with Gasteiger partial charge in [0.05, 0.1) is 0 Å². The fraction of sp³-hybridized carbons (Fsp3) is 0.533. The van der Waals surface area contributed by atoms with Gasteiger partial charge in [0, 0.05) is 24.2 Å². The van der Waals surface area contributed by atoms with E-state index in [0.717, 1.165) is 30.6 Å². The average Bonchev–Trinajstić information content (AvgIpc) is 2.99. The first-order valence-electron chi connectivity index (χ1n) is 6.66. The van der Waals surface area contributed by atoms with E-state index in [0.29, 0.717) is 0 Å². The predicted molar refractivity (Wildman–Crippen MR) is 72.2 cm³/mol. The Bertz CT molecular complexity index is 495. The van der Waals surface area contributed by atoms with Crippen LogP contribution >= 0.6 is 0 Å². The first-order chi connectivity index (χ1) is 8.50. The molecule has 1 heterocycles. The lowest BCUT2D eigenvalue weighted by molar-refractivity contribution is -0.120. The highest BCUT2D eigenvalue weighted by Gasteiger charge is 2.52. The number of nitrogens with zero attached hydrogens (tertiary/aromatic N) is 1. The number of amides is 1. The number of para-hydroxylation sites is 1. The van der Waals surface area contributed by atoms with E-state index in [4.69, 9.17) is 5.73 Å². The molecule has 2 unspecified atom stereocenters. The Kier molecular flexibility index (Phi) is 2.49. The van der Waals surface area contributed by atoms with E-state index >= 15 is 0 Å². The second kappa shape index (κ2) is 3.82. The van der Waals surface area contributed by atoms with Gasteiger partial charge in [-0.25, -0.2) is 0 Å². The lowest BCUT2D eigenvalue weighted by Crippen LogP contribution is -2.39. The van der Waals surface area contributed by atoms with Gasteiger partial charge in [-0.1, -0.05) is 32.0 Å². The summed E-state index contributed by atoms with van der Waals surface area (Å²) >= 11 is 0. The molecule has 1 aliphatic heterocycles. The normalized spacial score (nSPS) is 28.7. The summed E-state index contributed by atoms with van der Waals surface area (Å²) in [5.74, 6) is 0.472. The lowest BCUT2D eigenvalue weighted by atomic mass is 9.96. The van der Waals surface area contributed by atoms with Crippen molar-refractivity contribution >= 4 is 11.6 Å². The van der Waals surface area contributed by atoms with Crippen LogP contribution in [0.2, 0.25) is 0 Å². The lowest BCUT2D eigenvalue weighted by Gasteiger charge is -2.33. The molecule has 1 aromatic carbocycles. The molecule has 2 atom stereocenters. The summed E-state index contributed by atoms with van der Waals surface area (Å²) in [6, 6.07) is 8.10. The molecule has 3 heteroatoms. The van der Waals surface area contributed by atoms with Crippen molar-refractivity contribution < 1.29 is 4.79 Å². The van der Waals surface area contributed by atoms with Crippen LogP contribution < -0.4 is 10.6 Å². The van der Waals surface area contributed by atoms with Crippen molar-refractivity contribution in [2.75, 3.05) is 11.4 Å². The molecule has 1 fully saturated rings. The smallest absolute Gasteiger partial charge is 0.230 e. The third-order valence-electron chi connectivity index (χ3n) is 4.37. The monoisotopic (exact) mass is 244 g/mol. The number of carbonyl (C=O) groups is 1. The summed E-state index contributed by atoms with van der Waals surface area (Å²) < 4.78 is 0. The second-order valence-electron chi connectivity index (χ2n) is 6.19. The van der Waals surface area contributed by atoms with Crippen molar-refractivity contribution in [2.45, 2.75) is 32.7 Å². The summed E-state index contributed by atoms with van der Waals surface area (Å²) in [6.07, 6.45) is 1.87. The molecule has 3 nitrogen and oxygen atoms in total. The Morgan fingerprint density at radius 1 is 1.39 bits per heavy atom. The van der Waals surface area contributed by atoms with E-state index in [1.165, 1.54) is 0 Å². The Balaban J connectivity index is 1.91. The summed E-state index contributed by atoms with van der Waals surface area (Å²) in [7, 11) is 0. The van der Waals surface area contributed by atoms with Gasteiger partial charge in [-0.15, -0.1) is 0 Å². The number of carbonyl (C=O) groups excluding carboxylic acids is 1. The van der Waals surface area contributed by atoms with Crippen LogP contribution in [0.5, 0.6) is 0 Å². The van der Waals surface area contributed by atoms with Gasteiger partial charge >= 0.3 is 0 Å². The number of nitrogens with two attached hydrogens (primary N) is 1. The number of hydrogen-bond donors (Lipinski definition) is 1.